The average molecular weight is 681 g/mol. The topological polar surface area (TPSA) is 127 Å². The summed E-state index contributed by atoms with van der Waals surface area (Å²) in [5.74, 6) is -0.619. The van der Waals surface area contributed by atoms with Crippen LogP contribution in [-0.4, -0.2) is 52.4 Å². The van der Waals surface area contributed by atoms with Crippen LogP contribution < -0.4 is 0 Å². The van der Waals surface area contributed by atoms with Gasteiger partial charge in [0.05, 0.1) is 48.1 Å². The molecule has 5 rings (SSSR count). The van der Waals surface area contributed by atoms with Gasteiger partial charge in [0.2, 0.25) is 0 Å². The van der Waals surface area contributed by atoms with Crippen molar-refractivity contribution in [3.8, 4) is 0 Å². The first-order valence-corrected chi connectivity index (χ1v) is 15.8. The van der Waals surface area contributed by atoms with E-state index < -0.39 is 0 Å². The van der Waals surface area contributed by atoms with Crippen molar-refractivity contribution in [2.45, 2.75) is 80.1 Å². The van der Waals surface area contributed by atoms with E-state index in [1.165, 1.54) is 14.2 Å². The molecule has 0 spiro atoms. The van der Waals surface area contributed by atoms with Gasteiger partial charge in [0.1, 0.15) is 0 Å². The van der Waals surface area contributed by atoms with Crippen LogP contribution in [0.2, 0.25) is 0 Å². The van der Waals surface area contributed by atoms with E-state index in [0.717, 1.165) is 97.1 Å². The maximum Gasteiger partial charge on any atom is 0.305 e. The molecule has 3 aromatic rings. The summed E-state index contributed by atoms with van der Waals surface area (Å²) in [6.07, 6.45) is 3.68. The molecule has 2 aliphatic rings. The molecular weight excluding hydrogens is 639 g/mol. The van der Waals surface area contributed by atoms with E-state index >= 15 is 0 Å². The van der Waals surface area contributed by atoms with Gasteiger partial charge in [-0.05, 0) is 116 Å². The molecule has 2 N–H and O–H groups in total. The third-order valence-corrected chi connectivity index (χ3v) is 9.41. The van der Waals surface area contributed by atoms with Crippen molar-refractivity contribution >= 4 is 62.6 Å². The van der Waals surface area contributed by atoms with Gasteiger partial charge in [-0.25, -0.2) is 9.97 Å². The zero-order valence-corrected chi connectivity index (χ0v) is 29.3. The predicted molar refractivity (Wildman–Crippen MR) is 182 cm³/mol. The number of nitrogens with one attached hydrogen (secondary N) is 2. The van der Waals surface area contributed by atoms with Gasteiger partial charge in [-0.1, -0.05) is 13.8 Å². The number of fused-ring (bicyclic) bond motifs is 8. The average Bonchev–Trinajstić information content (AvgIpc) is 3.72. The SMILES string of the molecule is CCC1=C(C)c2cc3[nH]c(c(C)c3CC)c(C=O)c3nc(cc4[nH]c(cc1n2)c(C)c4CCC(=O)OC)C(CCC(=O)OC)=C3C.[Ni]. The number of carbonyl (C=O) groups excluding carboxylic acids is 3. The second kappa shape index (κ2) is 14.6. The largest absolute Gasteiger partial charge is 0.469 e. The molecule has 0 aliphatic carbocycles. The van der Waals surface area contributed by atoms with E-state index in [1.54, 1.807) is 0 Å². The predicted octanol–water partition coefficient (Wildman–Crippen LogP) is 7.63. The summed E-state index contributed by atoms with van der Waals surface area (Å²) in [7, 11) is 2.76. The zero-order valence-electron chi connectivity index (χ0n) is 28.3. The third-order valence-electron chi connectivity index (χ3n) is 9.41. The second-order valence-corrected chi connectivity index (χ2v) is 11.8. The quantitative estimate of drug-likeness (QED) is 0.135. The van der Waals surface area contributed by atoms with Crippen LogP contribution in [0.4, 0.5) is 0 Å². The van der Waals surface area contributed by atoms with Gasteiger partial charge in [0.15, 0.2) is 6.29 Å². The Morgan fingerprint density at radius 2 is 1.32 bits per heavy atom. The van der Waals surface area contributed by atoms with Crippen LogP contribution in [0, 0.1) is 13.8 Å². The number of ether oxygens (including phenoxy) is 2. The Bertz CT molecular complexity index is 2000. The number of aldehydes is 1. The maximum absolute atomic E-state index is 12.9. The molecule has 0 fully saturated rings. The Morgan fingerprint density at radius 1 is 0.723 bits per heavy atom. The van der Waals surface area contributed by atoms with E-state index in [2.05, 4.69) is 42.9 Å². The Hall–Kier alpha value is -4.30. The molecule has 9 nitrogen and oxygen atoms in total. The van der Waals surface area contributed by atoms with Crippen molar-refractivity contribution in [1.29, 1.82) is 0 Å². The fraction of sp³-hybridized carbons (Fsp3) is 0.378. The van der Waals surface area contributed by atoms with Gasteiger partial charge in [0, 0.05) is 45.9 Å². The first-order chi connectivity index (χ1) is 22.1. The fourth-order valence-corrected chi connectivity index (χ4v) is 6.71. The fourth-order valence-electron chi connectivity index (χ4n) is 6.71. The molecule has 0 amide bonds. The number of esters is 2. The van der Waals surface area contributed by atoms with E-state index in [-0.39, 0.29) is 41.3 Å². The molecule has 47 heavy (non-hydrogen) atoms. The summed E-state index contributed by atoms with van der Waals surface area (Å²) < 4.78 is 9.90. The summed E-state index contributed by atoms with van der Waals surface area (Å²) in [6.45, 7) is 12.4. The van der Waals surface area contributed by atoms with Gasteiger partial charge in [-0.3, -0.25) is 14.4 Å². The molecule has 3 aromatic heterocycles. The number of aromatic nitrogens is 4. The summed E-state index contributed by atoms with van der Waals surface area (Å²) in [4.78, 5) is 54.6. The minimum atomic E-state index is -0.325. The van der Waals surface area contributed by atoms with E-state index in [1.807, 2.05) is 26.8 Å². The maximum atomic E-state index is 12.9. The minimum absolute atomic E-state index is 0. The molecule has 0 unspecified atom stereocenters. The monoisotopic (exact) mass is 680 g/mol. The van der Waals surface area contributed by atoms with Crippen LogP contribution in [0.5, 0.6) is 0 Å². The number of hydrogen-bond acceptors (Lipinski definition) is 7. The normalized spacial score (nSPS) is 12.7. The molecule has 250 valence electrons. The van der Waals surface area contributed by atoms with Crippen LogP contribution >= 0.6 is 0 Å². The summed E-state index contributed by atoms with van der Waals surface area (Å²) in [5.41, 5.74) is 14.8. The standard InChI is InChI=1S/C37H42N4O5.Ni/c1-9-23-19(3)28-16-31-24(10-2)21(5)36(40-31)27(18-42)37-22(6)26(12-14-35(44)46-8)33(41-37)17-32-25(11-13-34(43)45-7)20(4)29(39-32)15-30(23)38-28;/h15-18,39-40H,9-14H2,1-8H3;. The van der Waals surface area contributed by atoms with E-state index in [4.69, 9.17) is 19.4 Å². The molecule has 0 atom stereocenters. The molecule has 8 bridgehead atoms. The summed E-state index contributed by atoms with van der Waals surface area (Å²) in [6, 6.07) is 6.12. The first-order valence-electron chi connectivity index (χ1n) is 15.8. The Kier molecular flexibility index (Phi) is 11.1. The van der Waals surface area contributed by atoms with Gasteiger partial charge in [-0.15, -0.1) is 0 Å². The Labute approximate surface area is 285 Å². The van der Waals surface area contributed by atoms with Crippen LogP contribution in [0.1, 0.15) is 109 Å². The Balaban J connectivity index is 0.00000500. The number of rotatable bonds is 9. The van der Waals surface area contributed by atoms with Crippen LogP contribution in [-0.2, 0) is 48.4 Å². The van der Waals surface area contributed by atoms with E-state index in [0.29, 0.717) is 29.8 Å². The second-order valence-electron chi connectivity index (χ2n) is 11.8. The van der Waals surface area contributed by atoms with Gasteiger partial charge in [-0.2, -0.15) is 0 Å². The number of aromatic amines is 2. The van der Waals surface area contributed by atoms with Crippen molar-refractivity contribution in [1.82, 2.24) is 19.9 Å². The van der Waals surface area contributed by atoms with Gasteiger partial charge >= 0.3 is 11.9 Å². The number of aryl methyl sites for hydroxylation is 4. The number of allylic oxidation sites excluding steroid dienone is 4. The van der Waals surface area contributed by atoms with Crippen LogP contribution in [0.15, 0.2) is 18.2 Å². The van der Waals surface area contributed by atoms with Crippen molar-refractivity contribution in [2.24, 2.45) is 0 Å². The Morgan fingerprint density at radius 3 is 1.94 bits per heavy atom. The van der Waals surface area contributed by atoms with Crippen molar-refractivity contribution in [3.05, 3.63) is 68.8 Å². The number of hydrogen-bond donors (Lipinski definition) is 2. The molecule has 0 aromatic carbocycles. The van der Waals surface area contributed by atoms with Crippen molar-refractivity contribution in [2.75, 3.05) is 14.2 Å². The van der Waals surface area contributed by atoms with Crippen LogP contribution in [0.3, 0.4) is 0 Å². The summed E-state index contributed by atoms with van der Waals surface area (Å²) in [5, 5.41) is 0. The zero-order chi connectivity index (χ0) is 33.3. The minimum Gasteiger partial charge on any atom is -0.469 e. The molecule has 0 saturated heterocycles. The van der Waals surface area contributed by atoms with Crippen LogP contribution in [0.25, 0.3) is 44.4 Å². The van der Waals surface area contributed by atoms with E-state index in [9.17, 15) is 14.4 Å². The molecule has 10 heteroatoms. The molecule has 0 radical (unpaired) electrons. The van der Waals surface area contributed by atoms with Crippen molar-refractivity contribution in [3.63, 3.8) is 0 Å². The smallest absolute Gasteiger partial charge is 0.305 e. The number of carbonyl (C=O) groups is 3. The first kappa shape index (κ1) is 35.6. The molecular formula is C37H42N4NiO5. The number of methoxy groups -OCH3 is 2. The summed E-state index contributed by atoms with van der Waals surface area (Å²) >= 11 is 0. The molecule has 2 aliphatic heterocycles. The molecule has 5 heterocycles. The number of H-pyrrole nitrogens is 2. The van der Waals surface area contributed by atoms with Crippen molar-refractivity contribution < 1.29 is 40.3 Å². The number of nitrogens with zero attached hydrogens (tertiary/aromatic N) is 2. The molecule has 0 saturated carbocycles. The van der Waals surface area contributed by atoms with Gasteiger partial charge < -0.3 is 19.4 Å². The third kappa shape index (κ3) is 6.61. The van der Waals surface area contributed by atoms with Gasteiger partial charge in [0.25, 0.3) is 0 Å².